The zero-order valence-corrected chi connectivity index (χ0v) is 15.5. The molecule has 2 nitrogen and oxygen atoms in total. The van der Waals surface area contributed by atoms with Gasteiger partial charge in [-0.1, -0.05) is 56.3 Å². The van der Waals surface area contributed by atoms with E-state index < -0.39 is 0 Å². The van der Waals surface area contributed by atoms with Crippen LogP contribution in [-0.2, 0) is 0 Å². The number of nitrogens with zero attached hydrogens (tertiary/aromatic N) is 1. The number of aryl methyl sites for hydroxylation is 2. The fraction of sp³-hybridized carbons (Fsp3) is 0.318. The van der Waals surface area contributed by atoms with Crippen LogP contribution in [0.1, 0.15) is 61.7 Å². The van der Waals surface area contributed by atoms with Gasteiger partial charge in [0.1, 0.15) is 0 Å². The summed E-state index contributed by atoms with van der Waals surface area (Å²) in [4.78, 5) is 0. The number of H-pyrrole nitrogens is 1. The van der Waals surface area contributed by atoms with Crippen LogP contribution in [0.3, 0.4) is 0 Å². The van der Waals surface area contributed by atoms with Gasteiger partial charge in [0.15, 0.2) is 0 Å². The van der Waals surface area contributed by atoms with E-state index in [-0.39, 0.29) is 0 Å². The molecule has 1 N–H and O–H groups in total. The summed E-state index contributed by atoms with van der Waals surface area (Å²) >= 11 is 0. The minimum atomic E-state index is 0.944. The quantitative estimate of drug-likeness (QED) is 0.701. The summed E-state index contributed by atoms with van der Waals surface area (Å²) in [6.45, 7) is 14.2. The van der Waals surface area contributed by atoms with Gasteiger partial charge in [-0.3, -0.25) is 5.10 Å². The first-order valence-electron chi connectivity index (χ1n) is 8.73. The lowest BCUT2D eigenvalue weighted by atomic mass is 9.89. The molecule has 2 aromatic rings. The van der Waals surface area contributed by atoms with E-state index in [9.17, 15) is 0 Å². The van der Waals surface area contributed by atoms with Crippen molar-refractivity contribution in [2.24, 2.45) is 0 Å². The minimum Gasteiger partial charge on any atom is -0.278 e. The molecule has 1 aromatic heterocycles. The fourth-order valence-corrected chi connectivity index (χ4v) is 2.96. The molecule has 0 atom stereocenters. The summed E-state index contributed by atoms with van der Waals surface area (Å²) in [5.74, 6) is 0. The van der Waals surface area contributed by atoms with Gasteiger partial charge in [0, 0.05) is 0 Å². The molecule has 0 saturated carbocycles. The first-order valence-corrected chi connectivity index (χ1v) is 8.73. The second-order valence-electron chi connectivity index (χ2n) is 6.15. The van der Waals surface area contributed by atoms with Crippen LogP contribution in [-0.4, -0.2) is 10.2 Å². The number of rotatable bonds is 3. The number of aromatic amines is 1. The summed E-state index contributed by atoms with van der Waals surface area (Å²) in [6, 6.07) is 8.77. The molecule has 0 saturated heterocycles. The van der Waals surface area contributed by atoms with Crippen LogP contribution in [0, 0.1) is 13.8 Å². The first kappa shape index (κ1) is 18.0. The van der Waals surface area contributed by atoms with Crippen molar-refractivity contribution in [3.63, 3.8) is 0 Å². The number of hydrogen-bond acceptors (Lipinski definition) is 1. The Morgan fingerprint density at radius 2 is 1.71 bits per heavy atom. The molecule has 0 unspecified atom stereocenters. The van der Waals surface area contributed by atoms with Gasteiger partial charge in [-0.15, -0.1) is 0 Å². The minimum absolute atomic E-state index is 0.944. The highest BCUT2D eigenvalue weighted by Crippen LogP contribution is 2.33. The van der Waals surface area contributed by atoms with E-state index in [1.807, 2.05) is 20.8 Å². The molecule has 0 aliphatic heterocycles. The molecule has 1 aromatic carbocycles. The maximum Gasteiger partial charge on any atom is 0.0878 e. The van der Waals surface area contributed by atoms with Gasteiger partial charge in [0.2, 0.25) is 0 Å². The van der Waals surface area contributed by atoms with Crippen LogP contribution in [0.4, 0.5) is 0 Å². The zero-order valence-electron chi connectivity index (χ0n) is 15.5. The Hall–Kier alpha value is -2.35. The molecule has 1 heterocycles. The Morgan fingerprint density at radius 3 is 2.25 bits per heavy atom. The third-order valence-corrected chi connectivity index (χ3v) is 4.24. The summed E-state index contributed by atoms with van der Waals surface area (Å²) in [7, 11) is 0. The predicted octanol–water partition coefficient (Wildman–Crippen LogP) is 6.35. The van der Waals surface area contributed by atoms with Gasteiger partial charge < -0.3 is 0 Å². The molecule has 126 valence electrons. The van der Waals surface area contributed by atoms with Crippen molar-refractivity contribution in [1.29, 1.82) is 0 Å². The van der Waals surface area contributed by atoms with Gasteiger partial charge in [-0.2, -0.15) is 5.10 Å². The molecule has 0 bridgehead atoms. The third kappa shape index (κ3) is 3.94. The van der Waals surface area contributed by atoms with Gasteiger partial charge in [-0.25, -0.2) is 0 Å². The molecule has 1 aliphatic rings. The number of hydrogen-bond donors (Lipinski definition) is 1. The average molecular weight is 320 g/mol. The smallest absolute Gasteiger partial charge is 0.0878 e. The van der Waals surface area contributed by atoms with Crippen molar-refractivity contribution in [2.75, 3.05) is 0 Å². The number of aromatic nitrogens is 2. The summed E-state index contributed by atoms with van der Waals surface area (Å²) < 4.78 is 0. The average Bonchev–Trinajstić information content (AvgIpc) is 3.07. The highest BCUT2D eigenvalue weighted by molar-refractivity contribution is 5.79. The summed E-state index contributed by atoms with van der Waals surface area (Å²) in [5, 5.41) is 7.43. The van der Waals surface area contributed by atoms with E-state index in [1.165, 1.54) is 27.8 Å². The molecule has 24 heavy (non-hydrogen) atoms. The molecule has 0 amide bonds. The molecular formula is C22H28N2. The van der Waals surface area contributed by atoms with E-state index in [0.717, 1.165) is 29.8 Å². The Morgan fingerprint density at radius 1 is 1.04 bits per heavy atom. The monoisotopic (exact) mass is 320 g/mol. The Bertz CT molecular complexity index is 788. The second-order valence-corrected chi connectivity index (χ2v) is 6.15. The second kappa shape index (κ2) is 7.96. The molecule has 2 heteroatoms. The maximum absolute atomic E-state index is 4.31. The molecule has 0 fully saturated rings. The Kier molecular flexibility index (Phi) is 5.97. The maximum atomic E-state index is 4.31. The van der Waals surface area contributed by atoms with Crippen LogP contribution in [0.2, 0.25) is 0 Å². The number of allylic oxidation sites excluding steroid dienone is 5. The predicted molar refractivity (Wildman–Crippen MR) is 106 cm³/mol. The third-order valence-electron chi connectivity index (χ3n) is 4.24. The van der Waals surface area contributed by atoms with Crippen molar-refractivity contribution in [1.82, 2.24) is 10.2 Å². The van der Waals surface area contributed by atoms with Crippen LogP contribution in [0.25, 0.3) is 16.7 Å². The van der Waals surface area contributed by atoms with Crippen LogP contribution >= 0.6 is 0 Å². The van der Waals surface area contributed by atoms with E-state index in [1.54, 1.807) is 0 Å². The zero-order chi connectivity index (χ0) is 17.7. The molecular weight excluding hydrogens is 292 g/mol. The SMILES string of the molecule is C=C(C)c1cc(C2=CC=C(c3ccc(C)cc3C)CC2)[nH]n1.CC. The lowest BCUT2D eigenvalue weighted by Crippen LogP contribution is -1.96. The molecule has 1 aliphatic carbocycles. The van der Waals surface area contributed by atoms with Crippen molar-refractivity contribution in [2.45, 2.75) is 47.5 Å². The largest absolute Gasteiger partial charge is 0.278 e. The lowest BCUT2D eigenvalue weighted by molar-refractivity contribution is 1.02. The van der Waals surface area contributed by atoms with E-state index >= 15 is 0 Å². The van der Waals surface area contributed by atoms with Crippen molar-refractivity contribution in [3.8, 4) is 0 Å². The molecule has 0 radical (unpaired) electrons. The lowest BCUT2D eigenvalue weighted by Gasteiger charge is -2.16. The van der Waals surface area contributed by atoms with Gasteiger partial charge >= 0.3 is 0 Å². The summed E-state index contributed by atoms with van der Waals surface area (Å²) in [6.07, 6.45) is 6.57. The standard InChI is InChI=1S/C20H22N2.C2H6/c1-13(2)19-12-20(22-21-19)17-8-6-16(7-9-17)18-10-5-14(3)11-15(18)4;1-2/h5-6,8,10-12H,1,7,9H2,2-4H3,(H,21,22);1-2H3. The highest BCUT2D eigenvalue weighted by Gasteiger charge is 2.13. The van der Waals surface area contributed by atoms with Crippen molar-refractivity contribution < 1.29 is 0 Å². The van der Waals surface area contributed by atoms with Crippen molar-refractivity contribution in [3.05, 3.63) is 71.1 Å². The molecule has 0 spiro atoms. The van der Waals surface area contributed by atoms with Gasteiger partial charge in [-0.05, 0) is 67.5 Å². The van der Waals surface area contributed by atoms with Gasteiger partial charge in [0.25, 0.3) is 0 Å². The van der Waals surface area contributed by atoms with Crippen LogP contribution in [0.15, 0.2) is 43.0 Å². The number of benzene rings is 1. The van der Waals surface area contributed by atoms with Crippen molar-refractivity contribution >= 4 is 16.7 Å². The number of nitrogens with one attached hydrogen (secondary N) is 1. The van der Waals surface area contributed by atoms with Crippen LogP contribution < -0.4 is 0 Å². The summed E-state index contributed by atoms with van der Waals surface area (Å²) in [5.41, 5.74) is 9.81. The first-order chi connectivity index (χ1) is 11.5. The van der Waals surface area contributed by atoms with E-state index in [2.05, 4.69) is 67.0 Å². The van der Waals surface area contributed by atoms with E-state index in [4.69, 9.17) is 0 Å². The Balaban J connectivity index is 0.00000100. The topological polar surface area (TPSA) is 28.7 Å². The fourth-order valence-electron chi connectivity index (χ4n) is 2.96. The Labute approximate surface area is 146 Å². The molecule has 3 rings (SSSR count). The normalized spacial score (nSPS) is 13.5. The van der Waals surface area contributed by atoms with Gasteiger partial charge in [0.05, 0.1) is 11.4 Å². The van der Waals surface area contributed by atoms with Crippen LogP contribution in [0.5, 0.6) is 0 Å². The van der Waals surface area contributed by atoms with E-state index in [0.29, 0.717) is 0 Å². The highest BCUT2D eigenvalue weighted by atomic mass is 15.1.